The second kappa shape index (κ2) is 7.40. The predicted molar refractivity (Wildman–Crippen MR) is 106 cm³/mol. The fourth-order valence-electron chi connectivity index (χ4n) is 4.00. The van der Waals surface area contributed by atoms with Gasteiger partial charge in [0.1, 0.15) is 5.65 Å². The molecule has 2 unspecified atom stereocenters. The molecule has 4 rings (SSSR count). The molecule has 0 aromatic carbocycles. The molecule has 8 heteroatoms. The van der Waals surface area contributed by atoms with E-state index >= 15 is 0 Å². The van der Waals surface area contributed by atoms with Crippen molar-refractivity contribution in [1.29, 1.82) is 0 Å². The smallest absolute Gasteiger partial charge is 0.224 e. The van der Waals surface area contributed by atoms with Crippen molar-refractivity contribution in [3.05, 3.63) is 30.7 Å². The van der Waals surface area contributed by atoms with Gasteiger partial charge < -0.3 is 19.9 Å². The van der Waals surface area contributed by atoms with Crippen molar-refractivity contribution in [2.24, 2.45) is 16.8 Å². The number of nitrogens with two attached hydrogens (primary N) is 1. The van der Waals surface area contributed by atoms with Gasteiger partial charge in [-0.2, -0.15) is 0 Å². The Morgan fingerprint density at radius 2 is 2.41 bits per heavy atom. The van der Waals surface area contributed by atoms with Crippen molar-refractivity contribution in [3.63, 3.8) is 0 Å². The maximum Gasteiger partial charge on any atom is 0.224 e. The zero-order valence-corrected chi connectivity index (χ0v) is 15.4. The number of carbonyl (C=O) groups is 1. The highest BCUT2D eigenvalue weighted by molar-refractivity contribution is 6.02. The molecule has 0 aliphatic carbocycles. The summed E-state index contributed by atoms with van der Waals surface area (Å²) in [4.78, 5) is 26.3. The van der Waals surface area contributed by atoms with Crippen molar-refractivity contribution < 1.29 is 4.79 Å². The maximum atomic E-state index is 12.6. The lowest BCUT2D eigenvalue weighted by Gasteiger charge is -2.38. The molecule has 0 spiro atoms. The molecule has 2 atom stereocenters. The standard InChI is InChI=1S/C19H25N7O/c1-13-4-8-25(17(27)3-6-21-12-24-20)11-16(13)26-9-5-14-10-23-19-15(18(14)26)2-7-22-19/h2,5,7,9-10,12-13,16H,3-4,6,8,11,20H2,1H3,(H,21,24)(H,22,23). The van der Waals surface area contributed by atoms with E-state index in [1.165, 1.54) is 11.9 Å². The van der Waals surface area contributed by atoms with E-state index in [1.807, 2.05) is 17.3 Å². The summed E-state index contributed by atoms with van der Waals surface area (Å²) in [6.45, 7) is 4.24. The minimum atomic E-state index is 0.144. The SMILES string of the molecule is CC1CCN(C(=O)CCN=CNN)CC1n1ccc2cnc3[nH]ccc3c21. The van der Waals surface area contributed by atoms with Gasteiger partial charge in [0.25, 0.3) is 0 Å². The quantitative estimate of drug-likeness (QED) is 0.277. The minimum Gasteiger partial charge on any atom is -0.346 e. The van der Waals surface area contributed by atoms with Crippen LogP contribution >= 0.6 is 0 Å². The van der Waals surface area contributed by atoms with E-state index in [0.29, 0.717) is 18.9 Å². The number of H-pyrrole nitrogens is 1. The van der Waals surface area contributed by atoms with E-state index in [9.17, 15) is 4.79 Å². The molecule has 4 N–H and O–H groups in total. The highest BCUT2D eigenvalue weighted by Gasteiger charge is 2.30. The lowest BCUT2D eigenvalue weighted by Crippen LogP contribution is -2.44. The molecule has 1 aliphatic heterocycles. The summed E-state index contributed by atoms with van der Waals surface area (Å²) in [5.41, 5.74) is 4.43. The minimum absolute atomic E-state index is 0.144. The second-order valence-corrected chi connectivity index (χ2v) is 7.15. The first kappa shape index (κ1) is 17.5. The van der Waals surface area contributed by atoms with E-state index in [2.05, 4.69) is 50.2 Å². The number of piperidine rings is 1. The molecule has 142 valence electrons. The van der Waals surface area contributed by atoms with Crippen LogP contribution < -0.4 is 11.3 Å². The Balaban J connectivity index is 1.59. The molecule has 3 aromatic rings. The van der Waals surface area contributed by atoms with Crippen LogP contribution in [0.15, 0.2) is 35.7 Å². The van der Waals surface area contributed by atoms with Crippen molar-refractivity contribution in [2.75, 3.05) is 19.6 Å². The van der Waals surface area contributed by atoms with E-state index in [4.69, 9.17) is 5.84 Å². The number of hydrazine groups is 1. The monoisotopic (exact) mass is 367 g/mol. The van der Waals surface area contributed by atoms with Gasteiger partial charge in [-0.15, -0.1) is 0 Å². The number of hydrogen-bond donors (Lipinski definition) is 3. The Morgan fingerprint density at radius 3 is 3.26 bits per heavy atom. The number of pyridine rings is 1. The number of amides is 1. The van der Waals surface area contributed by atoms with Crippen LogP contribution in [0, 0.1) is 5.92 Å². The molecule has 3 aromatic heterocycles. The van der Waals surface area contributed by atoms with E-state index in [1.54, 1.807) is 0 Å². The Kier molecular flexibility index (Phi) is 4.81. The summed E-state index contributed by atoms with van der Waals surface area (Å²) in [6, 6.07) is 4.42. The topological polar surface area (TPSA) is 104 Å². The molecule has 1 aliphatic rings. The summed E-state index contributed by atoms with van der Waals surface area (Å²) in [7, 11) is 0. The lowest BCUT2D eigenvalue weighted by molar-refractivity contribution is -0.133. The Hall–Kier alpha value is -2.87. The van der Waals surface area contributed by atoms with Crippen LogP contribution in [0.1, 0.15) is 25.8 Å². The number of fused-ring (bicyclic) bond motifs is 3. The molecule has 0 saturated carbocycles. The zero-order valence-electron chi connectivity index (χ0n) is 15.4. The van der Waals surface area contributed by atoms with Gasteiger partial charge in [-0.05, 0) is 24.5 Å². The summed E-state index contributed by atoms with van der Waals surface area (Å²) >= 11 is 0. The molecule has 0 bridgehead atoms. The number of aliphatic imine (C=N–C) groups is 1. The number of aromatic amines is 1. The number of likely N-dealkylation sites (tertiary alicyclic amines) is 1. The first-order valence-electron chi connectivity index (χ1n) is 9.34. The van der Waals surface area contributed by atoms with Gasteiger partial charge in [-0.3, -0.25) is 9.79 Å². The van der Waals surface area contributed by atoms with E-state index < -0.39 is 0 Å². The van der Waals surface area contributed by atoms with Crippen molar-refractivity contribution in [2.45, 2.75) is 25.8 Å². The number of hydrogen-bond acceptors (Lipinski definition) is 4. The molecule has 1 amide bonds. The summed E-state index contributed by atoms with van der Waals surface area (Å²) in [5, 5.41) is 2.25. The molecule has 4 heterocycles. The van der Waals surface area contributed by atoms with Crippen LogP contribution in [0.4, 0.5) is 0 Å². The Morgan fingerprint density at radius 1 is 1.52 bits per heavy atom. The van der Waals surface area contributed by atoms with Gasteiger partial charge in [0.2, 0.25) is 5.91 Å². The molecule has 8 nitrogen and oxygen atoms in total. The van der Waals surface area contributed by atoms with Gasteiger partial charge in [0.05, 0.1) is 17.9 Å². The van der Waals surface area contributed by atoms with Gasteiger partial charge in [0, 0.05) is 55.4 Å². The first-order chi connectivity index (χ1) is 13.2. The normalized spacial score (nSPS) is 20.7. The highest BCUT2D eigenvalue weighted by Crippen LogP contribution is 2.33. The van der Waals surface area contributed by atoms with Crippen molar-refractivity contribution in [1.82, 2.24) is 24.9 Å². The number of nitrogens with zero attached hydrogens (tertiary/aromatic N) is 4. The number of rotatable bonds is 5. The largest absolute Gasteiger partial charge is 0.346 e. The molecular formula is C19H25N7O. The predicted octanol–water partition coefficient (Wildman–Crippen LogP) is 1.81. The third-order valence-corrected chi connectivity index (χ3v) is 5.51. The van der Waals surface area contributed by atoms with Crippen LogP contribution in [0.3, 0.4) is 0 Å². The molecule has 1 saturated heterocycles. The van der Waals surface area contributed by atoms with Gasteiger partial charge in [-0.1, -0.05) is 6.92 Å². The van der Waals surface area contributed by atoms with Crippen LogP contribution in [0.2, 0.25) is 0 Å². The number of carbonyl (C=O) groups excluding carboxylic acids is 1. The van der Waals surface area contributed by atoms with Gasteiger partial charge >= 0.3 is 0 Å². The summed E-state index contributed by atoms with van der Waals surface area (Å²) in [6.07, 6.45) is 8.76. The number of aromatic nitrogens is 3. The Labute approximate surface area is 157 Å². The third-order valence-electron chi connectivity index (χ3n) is 5.51. The highest BCUT2D eigenvalue weighted by atomic mass is 16.2. The zero-order chi connectivity index (χ0) is 18.8. The fraction of sp³-hybridized carbons (Fsp3) is 0.421. The fourth-order valence-corrected chi connectivity index (χ4v) is 4.00. The molecular weight excluding hydrogens is 342 g/mol. The van der Waals surface area contributed by atoms with Crippen LogP contribution in [0.25, 0.3) is 21.9 Å². The Bertz CT molecular complexity index is 973. The van der Waals surface area contributed by atoms with Gasteiger partial charge in [-0.25, -0.2) is 10.8 Å². The van der Waals surface area contributed by atoms with Crippen molar-refractivity contribution in [3.8, 4) is 0 Å². The van der Waals surface area contributed by atoms with Crippen LogP contribution in [0.5, 0.6) is 0 Å². The first-order valence-corrected chi connectivity index (χ1v) is 9.34. The van der Waals surface area contributed by atoms with E-state index in [-0.39, 0.29) is 11.9 Å². The average molecular weight is 367 g/mol. The van der Waals surface area contributed by atoms with Gasteiger partial charge in [0.15, 0.2) is 0 Å². The van der Waals surface area contributed by atoms with E-state index in [0.717, 1.165) is 35.9 Å². The van der Waals surface area contributed by atoms with Crippen LogP contribution in [-0.2, 0) is 4.79 Å². The second-order valence-electron chi connectivity index (χ2n) is 7.15. The maximum absolute atomic E-state index is 12.6. The molecule has 27 heavy (non-hydrogen) atoms. The van der Waals surface area contributed by atoms with Crippen LogP contribution in [-0.4, -0.2) is 51.3 Å². The summed E-state index contributed by atoms with van der Waals surface area (Å²) in [5.74, 6) is 5.79. The molecule has 0 radical (unpaired) electrons. The average Bonchev–Trinajstić information content (AvgIpc) is 3.31. The lowest BCUT2D eigenvalue weighted by atomic mass is 9.92. The third kappa shape index (κ3) is 3.28. The summed E-state index contributed by atoms with van der Waals surface area (Å²) < 4.78 is 2.33. The molecule has 1 fully saturated rings. The van der Waals surface area contributed by atoms with Crippen molar-refractivity contribution >= 4 is 34.2 Å². The number of nitrogens with one attached hydrogen (secondary N) is 2.